The van der Waals surface area contributed by atoms with E-state index in [0.717, 1.165) is 105 Å². The Morgan fingerprint density at radius 2 is 0.838 bits per heavy atom. The number of aromatic nitrogens is 5. The highest BCUT2D eigenvalue weighted by Gasteiger charge is 2.38. The summed E-state index contributed by atoms with van der Waals surface area (Å²) in [5.74, 6) is -5.76. The van der Waals surface area contributed by atoms with E-state index in [0.29, 0.717) is 64.9 Å². The lowest BCUT2D eigenvalue weighted by atomic mass is 10.1. The molecule has 0 fully saturated rings. The second kappa shape index (κ2) is 37.2. The largest absolute Gasteiger partial charge is 0.478 e. The third kappa shape index (κ3) is 20.5. The van der Waals surface area contributed by atoms with Crippen LogP contribution in [-0.2, 0) is 65.0 Å². The van der Waals surface area contributed by atoms with Gasteiger partial charge in [-0.2, -0.15) is 26.3 Å². The van der Waals surface area contributed by atoms with E-state index in [-0.39, 0.29) is 80.1 Å². The highest BCUT2D eigenvalue weighted by molar-refractivity contribution is 7.93. The molecule has 0 aliphatic heterocycles. The fourth-order valence-electron chi connectivity index (χ4n) is 10.6. The lowest BCUT2D eigenvalue weighted by molar-refractivity contribution is -0.140. The zero-order valence-electron chi connectivity index (χ0n) is 59.0. The monoisotopic (exact) mass is 1850 g/mol. The van der Waals surface area contributed by atoms with Gasteiger partial charge in [0.25, 0.3) is 30.1 Å². The molecular weight excluding hydrogens is 1810 g/mol. The van der Waals surface area contributed by atoms with Crippen molar-refractivity contribution < 1.29 is 89.3 Å². The van der Waals surface area contributed by atoms with Gasteiger partial charge in [0.1, 0.15) is 55.8 Å². The molecule has 0 aliphatic carbocycles. The number of sulfonamides is 3. The topological polar surface area (TPSA) is 327 Å². The van der Waals surface area contributed by atoms with E-state index in [1.165, 1.54) is 96.8 Å². The van der Waals surface area contributed by atoms with Gasteiger partial charge in [-0.25, -0.2) is 73.3 Å². The predicted octanol–water partition coefficient (Wildman–Crippen LogP) is 20.9. The number of nitrogens with one attached hydrogen (secondary N) is 1. The van der Waals surface area contributed by atoms with E-state index in [1.807, 2.05) is 30.3 Å². The number of alkyl halides is 6. The number of nitrogens with two attached hydrogens (primary N) is 2. The summed E-state index contributed by atoms with van der Waals surface area (Å²) in [7, 11) is -10.6. The van der Waals surface area contributed by atoms with Crippen LogP contribution >= 0.6 is 115 Å². The molecule has 6 N–H and O–H groups in total. The van der Waals surface area contributed by atoms with Crippen LogP contribution in [0.1, 0.15) is 53.3 Å². The normalized spacial score (nSPS) is 11.6. The molecule has 0 saturated heterocycles. The number of hydrogen-bond donors (Lipinski definition) is 4. The molecule has 5 aromatic carbocycles. The molecule has 0 radical (unpaired) electrons. The SMILES string of the molecule is COC(=O)c1cccc(S(=O)(=O)N(Cc2ccc(F)c(C(F)(F)F)c2)c2sc3ncccc3c2Cl)c1.COC(=O)c1cccc(S(=O)(=O)Nc2sc3ncccc3c2Cl)c1.Cl.Nc1cc2cccnc2s1.Nc1sc2ncccc2c1Cl.O=C(O)c1cccc(S(=O)(=O)N(Cc2ccc(F)c(C(F)(F)F)c2)c2sc3ncccc3c2Cl)c1. The molecule has 0 spiro atoms. The highest BCUT2D eigenvalue weighted by Crippen LogP contribution is 2.47. The van der Waals surface area contributed by atoms with E-state index in [9.17, 15) is 79.9 Å². The van der Waals surface area contributed by atoms with Gasteiger partial charge in [-0.1, -0.05) is 139 Å². The van der Waals surface area contributed by atoms with Gasteiger partial charge >= 0.3 is 30.3 Å². The van der Waals surface area contributed by atoms with Crippen molar-refractivity contribution in [2.24, 2.45) is 0 Å². The van der Waals surface area contributed by atoms with Crippen molar-refractivity contribution in [2.45, 2.75) is 40.1 Å². The number of esters is 2. The minimum atomic E-state index is -5.00. The molecule has 22 nitrogen and oxygen atoms in total. The number of hydrogen-bond acceptors (Lipinski definition) is 23. The minimum absolute atomic E-state index is 0. The standard InChI is InChI=1S/C23H15ClF4N2O4S2.C22H13ClF4N2O4S2.C15H11ClN2O4S2.C7H5ClN2S.C7H6N2S.ClH/c1-34-22(31)14-4-2-5-15(11-14)36(32,33)30(21-19(24)16-6-3-9-29-20(16)35-21)12-13-7-8-18(25)17(10-13)23(26,27)28;23-18-15-5-2-8-28-19(15)34-20(18)29(11-12-6-7-17(24)16(9-12)22(25,26)27)35(32,33)14-4-1-3-13(10-14)21(30)31;1-22-15(19)9-4-2-5-10(8-9)24(20,21)18-14-12(16)11-6-3-7-17-13(11)23-14;8-5-4-2-1-3-10-7(4)11-6(5)9;8-6-4-5-2-1-3-9-7(5)10-6;/h2-11H,12H2,1H3;1-10H,11H2,(H,30,31);2-8,18H,1H3;1-3H,9H2;1-4H,8H2;1H. The number of halogens is 13. The number of benzene rings is 5. The van der Waals surface area contributed by atoms with E-state index >= 15 is 0 Å². The smallest absolute Gasteiger partial charge is 0.419 e. The van der Waals surface area contributed by atoms with Crippen LogP contribution in [0.25, 0.3) is 51.1 Å². The minimum Gasteiger partial charge on any atom is -0.478 e. The average molecular weight is 1860 g/mol. The van der Waals surface area contributed by atoms with Crippen LogP contribution in [0.3, 0.4) is 0 Å². The molecule has 10 aromatic heterocycles. The molecule has 608 valence electrons. The second-order valence-corrected chi connectivity index (χ2v) is 35.5. The van der Waals surface area contributed by atoms with Gasteiger partial charge in [0, 0.05) is 57.9 Å². The van der Waals surface area contributed by atoms with Crippen LogP contribution in [0.15, 0.2) is 222 Å². The van der Waals surface area contributed by atoms with Crippen LogP contribution < -0.4 is 24.8 Å². The first-order valence-corrected chi connectivity index (χ1v) is 42.3. The number of carbonyl (C=O) groups is 3. The van der Waals surface area contributed by atoms with Gasteiger partial charge in [0.05, 0.1) is 94.9 Å². The number of carbonyl (C=O) groups excluding carboxylic acids is 2. The van der Waals surface area contributed by atoms with E-state index in [2.05, 4.69) is 39.1 Å². The number of methoxy groups -OCH3 is 2. The summed E-state index contributed by atoms with van der Waals surface area (Å²) in [5.41, 5.74) is 7.56. The van der Waals surface area contributed by atoms with Crippen molar-refractivity contribution >= 4 is 240 Å². The van der Waals surface area contributed by atoms with Gasteiger partial charge in [0.2, 0.25) is 0 Å². The van der Waals surface area contributed by atoms with Crippen LogP contribution in [-0.4, -0.2) is 87.4 Å². The van der Waals surface area contributed by atoms with E-state index < -0.39 is 101 Å². The lowest BCUT2D eigenvalue weighted by Crippen LogP contribution is -2.30. The molecule has 0 amide bonds. The third-order valence-corrected chi connectivity index (χ3v) is 28.3. The van der Waals surface area contributed by atoms with Crippen LogP contribution in [0.2, 0.25) is 20.1 Å². The molecule has 10 heterocycles. The Morgan fingerprint density at radius 1 is 0.462 bits per heavy atom. The zero-order chi connectivity index (χ0) is 83.9. The maximum absolute atomic E-state index is 13.9. The summed E-state index contributed by atoms with van der Waals surface area (Å²) >= 11 is 30.9. The molecular formula is C74H51Cl5F8N10O12S8. The first-order chi connectivity index (χ1) is 54.9. The molecule has 0 saturated carbocycles. The van der Waals surface area contributed by atoms with Gasteiger partial charge < -0.3 is 26.0 Å². The Hall–Kier alpha value is -10.2. The van der Waals surface area contributed by atoms with Crippen molar-refractivity contribution in [3.63, 3.8) is 0 Å². The van der Waals surface area contributed by atoms with Crippen molar-refractivity contribution in [2.75, 3.05) is 39.0 Å². The summed E-state index contributed by atoms with van der Waals surface area (Å²) in [6.07, 6.45) is -1.94. The number of pyridine rings is 5. The van der Waals surface area contributed by atoms with Gasteiger partial charge in [0.15, 0.2) is 0 Å². The molecule has 0 unspecified atom stereocenters. The Labute approximate surface area is 704 Å². The fraction of sp³-hybridized carbons (Fsp3) is 0.0811. The summed E-state index contributed by atoms with van der Waals surface area (Å²) in [4.78, 5) is 58.1. The zero-order valence-corrected chi connectivity index (χ0v) is 69.3. The van der Waals surface area contributed by atoms with Gasteiger partial charge in [-0.15, -0.1) is 12.4 Å². The Morgan fingerprint density at radius 3 is 1.24 bits per heavy atom. The molecule has 0 aliphatic rings. The maximum Gasteiger partial charge on any atom is 0.419 e. The molecule has 0 bridgehead atoms. The third-order valence-electron chi connectivity index (χ3n) is 16.0. The summed E-state index contributed by atoms with van der Waals surface area (Å²) in [6.45, 7) is -1.25. The number of carboxylic acid groups (broad SMARTS) is 1. The van der Waals surface area contributed by atoms with Crippen molar-refractivity contribution in [3.8, 4) is 0 Å². The van der Waals surface area contributed by atoms with Gasteiger partial charge in [-0.3, -0.25) is 13.3 Å². The first-order valence-electron chi connectivity index (χ1n) is 32.4. The highest BCUT2D eigenvalue weighted by atomic mass is 35.5. The molecule has 15 aromatic rings. The number of aromatic carboxylic acids is 1. The molecule has 15 rings (SSSR count). The fourth-order valence-corrected chi connectivity index (χ4v) is 21.6. The average Bonchev–Trinajstić information content (AvgIpc) is 1.69. The van der Waals surface area contributed by atoms with E-state index in [4.69, 9.17) is 57.9 Å². The van der Waals surface area contributed by atoms with Crippen molar-refractivity contribution in [1.82, 2.24) is 24.9 Å². The number of ether oxygens (including phenoxy) is 2. The van der Waals surface area contributed by atoms with Crippen LogP contribution in [0.4, 0.5) is 60.1 Å². The Kier molecular flexibility index (Phi) is 28.3. The van der Waals surface area contributed by atoms with Gasteiger partial charge in [-0.05, 0) is 151 Å². The number of nitrogens with zero attached hydrogens (tertiary/aromatic N) is 7. The quantitative estimate of drug-likeness (QED) is 0.0516. The summed E-state index contributed by atoms with van der Waals surface area (Å²) < 4.78 is 201. The number of fused-ring (bicyclic) bond motifs is 5. The van der Waals surface area contributed by atoms with Crippen LogP contribution in [0.5, 0.6) is 0 Å². The molecule has 0 atom stereocenters. The number of rotatable bonds is 16. The predicted molar refractivity (Wildman–Crippen MR) is 444 cm³/mol. The van der Waals surface area contributed by atoms with Crippen LogP contribution in [0, 0.1) is 11.6 Å². The number of anilines is 5. The number of carboxylic acids is 1. The lowest BCUT2D eigenvalue weighted by Gasteiger charge is -2.24. The van der Waals surface area contributed by atoms with Crippen molar-refractivity contribution in [3.05, 3.63) is 278 Å². The maximum atomic E-state index is 13.9. The Balaban J connectivity index is 0.000000165. The summed E-state index contributed by atoms with van der Waals surface area (Å²) in [6, 6.07) is 38.9. The first kappa shape index (κ1) is 89.2. The Bertz CT molecular complexity index is 6590. The van der Waals surface area contributed by atoms with E-state index in [1.54, 1.807) is 55.0 Å². The second-order valence-electron chi connectivity index (χ2n) is 23.6. The number of nitrogen functional groups attached to an aromatic ring is 2. The van der Waals surface area contributed by atoms with Crippen molar-refractivity contribution in [1.29, 1.82) is 0 Å². The molecule has 117 heavy (non-hydrogen) atoms. The molecule has 43 heteroatoms. The number of thiophene rings is 5. The summed E-state index contributed by atoms with van der Waals surface area (Å²) in [5, 5.41) is 15.5.